The number of benzene rings is 2. The average Bonchev–Trinajstić information content (AvgIpc) is 2.61. The second kappa shape index (κ2) is 7.51. The monoisotopic (exact) mass is 534 g/mol. The Bertz CT molecular complexity index is 898. The number of para-hydroxylation sites is 2. The average molecular weight is 533 g/mol. The van der Waals surface area contributed by atoms with Gasteiger partial charge in [0.25, 0.3) is 0 Å². The normalized spacial score (nSPS) is 11.2. The molecular weight excluding hydrogens is 520 g/mol. The van der Waals surface area contributed by atoms with Gasteiger partial charge < -0.3 is 0 Å². The number of hydrogen-bond donors (Lipinski definition) is 0. The fraction of sp³-hybridized carbons (Fsp3) is 0.111. The van der Waals surface area contributed by atoms with Crippen molar-refractivity contribution < 1.29 is 50.2 Å². The van der Waals surface area contributed by atoms with Gasteiger partial charge in [-0.15, -0.1) is 0 Å². The van der Waals surface area contributed by atoms with Crippen molar-refractivity contribution in [3.63, 3.8) is 0 Å². The molecule has 3 rings (SSSR count). The molecule has 0 saturated carbocycles. The maximum absolute atomic E-state index is 12.2. The zero-order chi connectivity index (χ0) is 17.9. The van der Waals surface area contributed by atoms with E-state index < -0.39 is 37.2 Å². The van der Waals surface area contributed by atoms with Crippen LogP contribution >= 0.6 is 0 Å². The van der Waals surface area contributed by atoms with Gasteiger partial charge in [-0.2, -0.15) is 0 Å². The summed E-state index contributed by atoms with van der Waals surface area (Å²) in [5, 5.41) is 0.955. The molecular formula is C18H13F3HgNO2+. The SMILES string of the molecule is O=C([O][Hg][CH2]c1cc[n+](-c2ccccc2)c2ccccc12)C(F)(F)F. The zero-order valence-electron chi connectivity index (χ0n) is 13.2. The molecule has 7 heteroatoms. The van der Waals surface area contributed by atoms with Crippen LogP contribution in [0.2, 0.25) is 0 Å². The van der Waals surface area contributed by atoms with Gasteiger partial charge in [0.15, 0.2) is 0 Å². The van der Waals surface area contributed by atoms with E-state index in [0.29, 0.717) is 3.93 Å². The van der Waals surface area contributed by atoms with Gasteiger partial charge in [0.2, 0.25) is 0 Å². The number of carbonyl (C=O) groups is 1. The van der Waals surface area contributed by atoms with Crippen molar-refractivity contribution >= 4 is 16.9 Å². The fourth-order valence-electron chi connectivity index (χ4n) is 2.66. The van der Waals surface area contributed by atoms with Crippen LogP contribution in [-0.2, 0) is 36.4 Å². The maximum atomic E-state index is 12.2. The summed E-state index contributed by atoms with van der Waals surface area (Å²) in [5.41, 5.74) is 2.87. The Morgan fingerprint density at radius 2 is 1.68 bits per heavy atom. The number of alkyl halides is 3. The van der Waals surface area contributed by atoms with Gasteiger partial charge in [0, 0.05) is 0 Å². The first-order valence-electron chi connectivity index (χ1n) is 7.68. The van der Waals surface area contributed by atoms with Crippen LogP contribution in [0.5, 0.6) is 0 Å². The predicted molar refractivity (Wildman–Crippen MR) is 81.3 cm³/mol. The van der Waals surface area contributed by atoms with Gasteiger partial charge in [0.05, 0.1) is 0 Å². The topological polar surface area (TPSA) is 30.2 Å². The minimum atomic E-state index is -4.91. The van der Waals surface area contributed by atoms with E-state index in [2.05, 4.69) is 2.64 Å². The molecule has 3 aromatic rings. The summed E-state index contributed by atoms with van der Waals surface area (Å²) in [6, 6.07) is 19.4. The molecule has 0 unspecified atom stereocenters. The van der Waals surface area contributed by atoms with Crippen molar-refractivity contribution in [2.24, 2.45) is 0 Å². The third kappa shape index (κ3) is 4.18. The Morgan fingerprint density at radius 3 is 2.40 bits per heavy atom. The van der Waals surface area contributed by atoms with Crippen molar-refractivity contribution in [3.8, 4) is 5.69 Å². The summed E-state index contributed by atoms with van der Waals surface area (Å²) in [6.07, 6.45) is -3.01. The molecule has 0 fully saturated rings. The van der Waals surface area contributed by atoms with Gasteiger partial charge in [-0.05, 0) is 0 Å². The second-order valence-electron chi connectivity index (χ2n) is 5.45. The van der Waals surface area contributed by atoms with Gasteiger partial charge in [-0.1, -0.05) is 0 Å². The Morgan fingerprint density at radius 1 is 1.00 bits per heavy atom. The van der Waals surface area contributed by atoms with Crippen LogP contribution in [0.1, 0.15) is 5.56 Å². The van der Waals surface area contributed by atoms with Gasteiger partial charge in [-0.3, -0.25) is 0 Å². The van der Waals surface area contributed by atoms with E-state index in [-0.39, 0.29) is 0 Å². The molecule has 1 heterocycles. The van der Waals surface area contributed by atoms with Crippen LogP contribution in [0.15, 0.2) is 66.9 Å². The molecule has 0 N–H and O–H groups in total. The number of rotatable bonds is 4. The molecule has 2 aromatic carbocycles. The summed E-state index contributed by atoms with van der Waals surface area (Å²) < 4.78 is 43.7. The van der Waals surface area contributed by atoms with Gasteiger partial charge in [0.1, 0.15) is 0 Å². The van der Waals surface area contributed by atoms with Crippen molar-refractivity contribution in [1.29, 1.82) is 0 Å². The number of halogens is 3. The third-order valence-electron chi connectivity index (χ3n) is 3.80. The van der Waals surface area contributed by atoms with E-state index >= 15 is 0 Å². The van der Waals surface area contributed by atoms with E-state index in [1.54, 1.807) is 0 Å². The van der Waals surface area contributed by atoms with E-state index in [0.717, 1.165) is 22.2 Å². The molecule has 0 amide bonds. The van der Waals surface area contributed by atoms with Gasteiger partial charge >= 0.3 is 155 Å². The molecule has 0 radical (unpaired) electrons. The summed E-state index contributed by atoms with van der Waals surface area (Å²) in [4.78, 5) is 10.9. The van der Waals surface area contributed by atoms with Crippen molar-refractivity contribution in [1.82, 2.24) is 0 Å². The van der Waals surface area contributed by atoms with Crippen LogP contribution in [0, 0.1) is 0 Å². The molecule has 0 bridgehead atoms. The first kappa shape index (κ1) is 17.9. The van der Waals surface area contributed by atoms with E-state index in [1.807, 2.05) is 71.4 Å². The second-order valence-corrected chi connectivity index (χ2v) is 10.1. The third-order valence-corrected chi connectivity index (χ3v) is 8.51. The minimum absolute atomic E-state index is 0.429. The summed E-state index contributed by atoms with van der Waals surface area (Å²) in [6.45, 7) is 0. The Balaban J connectivity index is 1.87. The van der Waals surface area contributed by atoms with E-state index in [1.165, 1.54) is 0 Å². The zero-order valence-corrected chi connectivity index (χ0v) is 18.7. The number of hydrogen-bond acceptors (Lipinski definition) is 2. The molecule has 0 atom stereocenters. The number of carbonyl (C=O) groups excluding carboxylic acids is 1. The molecule has 25 heavy (non-hydrogen) atoms. The van der Waals surface area contributed by atoms with Crippen LogP contribution in [0.3, 0.4) is 0 Å². The van der Waals surface area contributed by atoms with Crippen molar-refractivity contribution in [3.05, 3.63) is 72.4 Å². The number of fused-ring (bicyclic) bond motifs is 1. The standard InChI is InChI=1S/C16H13N.C2HF3O2.Hg/c1-13-11-12-17(14-7-3-2-4-8-14)16-10-6-5-9-15(13)16;3-2(4,5)1(6)7;/h2-12H,1H2;(H,6,7);/q+1;;+1/p-1. The Labute approximate surface area is 155 Å². The van der Waals surface area contributed by atoms with E-state index in [4.69, 9.17) is 0 Å². The van der Waals surface area contributed by atoms with Crippen LogP contribution in [-0.4, -0.2) is 12.1 Å². The summed E-state index contributed by atoms with van der Waals surface area (Å²) >= 11 is -2.46. The molecule has 3 nitrogen and oxygen atoms in total. The first-order valence-corrected chi connectivity index (χ1v) is 13.8. The Kier molecular flexibility index (Phi) is 5.37. The molecule has 0 spiro atoms. The first-order chi connectivity index (χ1) is 12.0. The van der Waals surface area contributed by atoms with Crippen molar-refractivity contribution in [2.75, 3.05) is 0 Å². The van der Waals surface area contributed by atoms with E-state index in [9.17, 15) is 18.0 Å². The summed E-state index contributed by atoms with van der Waals surface area (Å²) in [5.74, 6) is -2.06. The van der Waals surface area contributed by atoms with Crippen molar-refractivity contribution in [2.45, 2.75) is 10.1 Å². The number of nitrogens with zero attached hydrogens (tertiary/aromatic N) is 1. The molecule has 1 aromatic heterocycles. The van der Waals surface area contributed by atoms with Gasteiger partial charge in [-0.25, -0.2) is 0 Å². The molecule has 0 saturated heterocycles. The number of aromatic nitrogens is 1. The fourth-order valence-corrected chi connectivity index (χ4v) is 6.96. The van der Waals surface area contributed by atoms with Crippen LogP contribution < -0.4 is 4.57 Å². The van der Waals surface area contributed by atoms with Crippen LogP contribution in [0.25, 0.3) is 16.6 Å². The molecule has 0 aliphatic heterocycles. The molecule has 124 valence electrons. The number of pyridine rings is 1. The van der Waals surface area contributed by atoms with Crippen LogP contribution in [0.4, 0.5) is 13.2 Å². The summed E-state index contributed by atoms with van der Waals surface area (Å²) in [7, 11) is 0. The Hall–Kier alpha value is -1.95. The molecule has 0 aliphatic rings. The predicted octanol–water partition coefficient (Wildman–Crippen LogP) is 3.72. The molecule has 0 aliphatic carbocycles. The quantitative estimate of drug-likeness (QED) is 0.379.